The highest BCUT2D eigenvalue weighted by molar-refractivity contribution is 6.36. The number of ketones is 1. The van der Waals surface area contributed by atoms with E-state index in [-0.39, 0.29) is 29.6 Å². The average Bonchev–Trinajstić information content (AvgIpc) is 2.98. The fourth-order valence-electron chi connectivity index (χ4n) is 3.27. The van der Waals surface area contributed by atoms with E-state index < -0.39 is 6.29 Å². The number of benzene rings is 1. The second-order valence-electron chi connectivity index (χ2n) is 7.03. The van der Waals surface area contributed by atoms with Crippen LogP contribution in [-0.4, -0.2) is 59.6 Å². The Morgan fingerprint density at radius 2 is 1.77 bits per heavy atom. The van der Waals surface area contributed by atoms with Crippen molar-refractivity contribution in [3.05, 3.63) is 58.4 Å². The lowest BCUT2D eigenvalue weighted by atomic mass is 10.1. The number of methoxy groups -OCH3 is 2. The van der Waals surface area contributed by atoms with Gasteiger partial charge in [-0.1, -0.05) is 29.3 Å². The number of nitrogens with one attached hydrogen (secondary N) is 2. The number of anilines is 1. The van der Waals surface area contributed by atoms with Gasteiger partial charge in [0, 0.05) is 36.7 Å². The van der Waals surface area contributed by atoms with Gasteiger partial charge >= 0.3 is 5.96 Å². The molecular weight excluding hydrogens is 398 g/mol. The average molecular weight is 424 g/mol. The number of hydrogen-bond donors (Lipinski definition) is 3. The third-order valence-electron chi connectivity index (χ3n) is 4.71. The van der Waals surface area contributed by atoms with Gasteiger partial charge in [0.05, 0.1) is 0 Å². The van der Waals surface area contributed by atoms with Crippen molar-refractivity contribution in [1.29, 1.82) is 0 Å². The highest BCUT2D eigenvalue weighted by atomic mass is 16.7. The molecule has 0 bridgehead atoms. The van der Waals surface area contributed by atoms with Gasteiger partial charge in [0.25, 0.3) is 5.95 Å². The van der Waals surface area contributed by atoms with Crippen LogP contribution in [0.2, 0.25) is 0 Å². The molecule has 1 aliphatic rings. The summed E-state index contributed by atoms with van der Waals surface area (Å²) in [6, 6.07) is 8.77. The van der Waals surface area contributed by atoms with Crippen LogP contribution in [0.15, 0.2) is 40.9 Å². The number of aliphatic hydroxyl groups excluding tert-OH is 1. The molecule has 1 aromatic carbocycles. The Morgan fingerprint density at radius 3 is 2.35 bits per heavy atom. The first kappa shape index (κ1) is 22.3. The van der Waals surface area contributed by atoms with Crippen LogP contribution >= 0.6 is 0 Å². The first-order chi connectivity index (χ1) is 14.8. The molecule has 0 saturated carbocycles. The highest BCUT2D eigenvalue weighted by Gasteiger charge is 2.32. The molecule has 3 rings (SSSR count). The quantitative estimate of drug-likeness (QED) is 0.362. The minimum absolute atomic E-state index is 0.0875. The van der Waals surface area contributed by atoms with Crippen molar-refractivity contribution in [2.75, 3.05) is 26.1 Å². The number of aryl methyl sites for hydroxylation is 2. The lowest BCUT2D eigenvalue weighted by molar-refractivity contribution is -0.484. The first-order valence-electron chi connectivity index (χ1n) is 9.72. The van der Waals surface area contributed by atoms with E-state index in [9.17, 15) is 9.90 Å². The molecule has 9 nitrogen and oxygen atoms in total. The molecule has 3 N–H and O–H groups in total. The number of aliphatic imine (C=N–C) groups is 1. The summed E-state index contributed by atoms with van der Waals surface area (Å²) < 4.78 is 10.4. The Hall–Kier alpha value is -3.43. The molecule has 162 valence electrons. The van der Waals surface area contributed by atoms with Crippen molar-refractivity contribution < 1.29 is 24.4 Å². The standard InChI is InChI=1S/C22H25N5O4/c1-12-10-13(2)25-22(24-12)27-21(23-11-17(30-4)31-5)26-14(3)18-19(28)15-8-6-7-9-16(15)20(18)29/h6-10,17,28H,11H2,1-5H3,(H,23,24,25,27)/p+1/b26-14+. The van der Waals surface area contributed by atoms with E-state index in [1.807, 2.05) is 19.9 Å². The fourth-order valence-corrected chi connectivity index (χ4v) is 3.27. The number of carbonyl (C=O) groups is 1. The summed E-state index contributed by atoms with van der Waals surface area (Å²) in [5, 5.41) is 13.7. The number of aliphatic hydroxyl groups is 1. The Labute approximate surface area is 180 Å². The number of guanidine groups is 1. The molecule has 1 aromatic heterocycles. The van der Waals surface area contributed by atoms with Crippen LogP contribution in [0, 0.1) is 13.8 Å². The number of carbonyl (C=O) groups excluding carboxylic acids is 1. The predicted molar refractivity (Wildman–Crippen MR) is 117 cm³/mol. The minimum Gasteiger partial charge on any atom is -0.506 e. The molecule has 0 unspecified atom stereocenters. The van der Waals surface area contributed by atoms with Gasteiger partial charge in [0.15, 0.2) is 6.29 Å². The monoisotopic (exact) mass is 424 g/mol. The number of nitrogens with zero attached hydrogens (tertiary/aromatic N) is 3. The summed E-state index contributed by atoms with van der Waals surface area (Å²) >= 11 is 0. The molecule has 31 heavy (non-hydrogen) atoms. The normalized spacial score (nSPS) is 14.5. The molecule has 0 aliphatic heterocycles. The lowest BCUT2D eigenvalue weighted by Crippen LogP contribution is -2.77. The number of Topliss-reactive ketones (excluding diaryl/α,β-unsaturated/α-hetero) is 1. The highest BCUT2D eigenvalue weighted by Crippen LogP contribution is 2.31. The third kappa shape index (κ3) is 5.01. The van der Waals surface area contributed by atoms with Gasteiger partial charge in [-0.15, -0.1) is 0 Å². The van der Waals surface area contributed by atoms with Gasteiger partial charge in [-0.2, -0.15) is 0 Å². The van der Waals surface area contributed by atoms with E-state index in [1.165, 1.54) is 14.2 Å². The van der Waals surface area contributed by atoms with Gasteiger partial charge < -0.3 is 14.6 Å². The SMILES string of the molecule is COC(C[NH+]=C(/N=C(\C)C1=C(O)c2ccccc2C1=O)Nc1nc(C)cc(C)n1)OC. The summed E-state index contributed by atoms with van der Waals surface area (Å²) in [5.41, 5.74) is 3.02. The van der Waals surface area contributed by atoms with Crippen LogP contribution in [0.3, 0.4) is 0 Å². The lowest BCUT2D eigenvalue weighted by Gasteiger charge is -2.09. The summed E-state index contributed by atoms with van der Waals surface area (Å²) in [6.07, 6.45) is -0.516. The van der Waals surface area contributed by atoms with E-state index in [0.717, 1.165) is 11.4 Å². The van der Waals surface area contributed by atoms with E-state index in [2.05, 4.69) is 25.3 Å². The van der Waals surface area contributed by atoms with Crippen molar-refractivity contribution in [2.24, 2.45) is 4.99 Å². The van der Waals surface area contributed by atoms with E-state index in [0.29, 0.717) is 22.8 Å². The number of allylic oxidation sites excluding steroid dienone is 1. The zero-order chi connectivity index (χ0) is 22.5. The number of aromatic nitrogens is 2. The van der Waals surface area contributed by atoms with E-state index >= 15 is 0 Å². The molecule has 0 spiro atoms. The third-order valence-corrected chi connectivity index (χ3v) is 4.71. The summed E-state index contributed by atoms with van der Waals surface area (Å²) in [4.78, 5) is 29.2. The minimum atomic E-state index is -0.516. The largest absolute Gasteiger partial charge is 0.506 e. The van der Waals surface area contributed by atoms with Crippen molar-refractivity contribution >= 4 is 29.2 Å². The second kappa shape index (κ2) is 9.59. The molecule has 0 saturated heterocycles. The van der Waals surface area contributed by atoms with Crippen molar-refractivity contribution in [1.82, 2.24) is 9.97 Å². The first-order valence-corrected chi connectivity index (χ1v) is 9.72. The summed E-state index contributed by atoms with van der Waals surface area (Å²) in [7, 11) is 3.06. The van der Waals surface area contributed by atoms with Crippen LogP contribution in [0.5, 0.6) is 0 Å². The molecule has 0 atom stereocenters. The Balaban J connectivity index is 1.97. The molecular formula is C22H26N5O4+. The predicted octanol–water partition coefficient (Wildman–Crippen LogP) is 1.19. The zero-order valence-corrected chi connectivity index (χ0v) is 18.2. The maximum Gasteiger partial charge on any atom is 0.392 e. The Kier molecular flexibility index (Phi) is 6.88. The number of ether oxygens (including phenoxy) is 2. The Morgan fingerprint density at radius 1 is 1.16 bits per heavy atom. The van der Waals surface area contributed by atoms with Crippen LogP contribution in [-0.2, 0) is 9.47 Å². The van der Waals surface area contributed by atoms with Gasteiger partial charge in [-0.25, -0.2) is 15.3 Å². The molecule has 9 heteroatoms. The van der Waals surface area contributed by atoms with Crippen LogP contribution in [0.1, 0.15) is 34.2 Å². The molecule has 0 radical (unpaired) electrons. The number of fused-ring (bicyclic) bond motifs is 1. The maximum absolute atomic E-state index is 12.8. The maximum atomic E-state index is 12.8. The molecule has 2 aromatic rings. The molecule has 1 heterocycles. The van der Waals surface area contributed by atoms with E-state index in [4.69, 9.17) is 9.47 Å². The van der Waals surface area contributed by atoms with Gasteiger partial charge in [-0.05, 0) is 26.8 Å². The van der Waals surface area contributed by atoms with Crippen LogP contribution in [0.25, 0.3) is 5.76 Å². The van der Waals surface area contributed by atoms with Crippen LogP contribution in [0.4, 0.5) is 5.95 Å². The van der Waals surface area contributed by atoms with Gasteiger partial charge in [0.1, 0.15) is 23.6 Å². The topological polar surface area (TPSA) is 120 Å². The molecule has 0 amide bonds. The van der Waals surface area contributed by atoms with Crippen molar-refractivity contribution in [3.63, 3.8) is 0 Å². The second-order valence-corrected chi connectivity index (χ2v) is 7.03. The Bertz CT molecular complexity index is 1070. The summed E-state index contributed by atoms with van der Waals surface area (Å²) in [5.74, 6) is 0.270. The zero-order valence-electron chi connectivity index (χ0n) is 18.2. The van der Waals surface area contributed by atoms with Crippen molar-refractivity contribution in [2.45, 2.75) is 27.1 Å². The van der Waals surface area contributed by atoms with Gasteiger partial charge in [0.2, 0.25) is 5.78 Å². The van der Waals surface area contributed by atoms with Gasteiger partial charge in [-0.3, -0.25) is 9.79 Å². The number of hydrogen-bond acceptors (Lipinski definition) is 6. The fraction of sp³-hybridized carbons (Fsp3) is 0.318. The molecule has 0 fully saturated rings. The van der Waals surface area contributed by atoms with Crippen molar-refractivity contribution in [3.8, 4) is 0 Å². The van der Waals surface area contributed by atoms with Crippen LogP contribution < -0.4 is 10.3 Å². The number of rotatable bonds is 6. The smallest absolute Gasteiger partial charge is 0.392 e. The summed E-state index contributed by atoms with van der Waals surface area (Å²) in [6.45, 7) is 5.66. The molecule has 1 aliphatic carbocycles. The van der Waals surface area contributed by atoms with E-state index in [1.54, 1.807) is 31.2 Å².